The van der Waals surface area contributed by atoms with Crippen molar-refractivity contribution >= 4 is 22.6 Å². The van der Waals surface area contributed by atoms with Crippen molar-refractivity contribution in [1.29, 1.82) is 0 Å². The summed E-state index contributed by atoms with van der Waals surface area (Å²) >= 11 is 0. The lowest BCUT2D eigenvalue weighted by atomic mass is 9.94. The molecule has 0 radical (unpaired) electrons. The van der Waals surface area contributed by atoms with Crippen LogP contribution in [0.25, 0.3) is 10.8 Å². The van der Waals surface area contributed by atoms with Crippen molar-refractivity contribution in [3.63, 3.8) is 0 Å². The third-order valence-corrected chi connectivity index (χ3v) is 5.87. The zero-order valence-corrected chi connectivity index (χ0v) is 15.3. The fourth-order valence-corrected chi connectivity index (χ4v) is 3.98. The fourth-order valence-electron chi connectivity index (χ4n) is 3.98. The lowest BCUT2D eigenvalue weighted by Gasteiger charge is -2.32. The van der Waals surface area contributed by atoms with Gasteiger partial charge in [-0.25, -0.2) is 0 Å². The Kier molecular flexibility index (Phi) is 4.66. The topological polar surface area (TPSA) is 49.4 Å². The molecular weight excluding hydrogens is 324 g/mol. The van der Waals surface area contributed by atoms with Gasteiger partial charge in [0.15, 0.2) is 0 Å². The zero-order valence-electron chi connectivity index (χ0n) is 15.3. The second-order valence-corrected chi connectivity index (χ2v) is 7.73. The minimum Gasteiger partial charge on any atom is -0.353 e. The Hall–Kier alpha value is -2.36. The molecule has 136 valence electrons. The Morgan fingerprint density at radius 3 is 2.42 bits per heavy atom. The van der Waals surface area contributed by atoms with Crippen LogP contribution >= 0.6 is 0 Å². The number of fused-ring (bicyclic) bond motifs is 1. The normalized spacial score (nSPS) is 19.3. The highest BCUT2D eigenvalue weighted by molar-refractivity contribution is 6.07. The highest BCUT2D eigenvalue weighted by Crippen LogP contribution is 2.32. The van der Waals surface area contributed by atoms with Gasteiger partial charge in [0, 0.05) is 30.6 Å². The van der Waals surface area contributed by atoms with Crippen molar-refractivity contribution in [2.24, 2.45) is 11.8 Å². The summed E-state index contributed by atoms with van der Waals surface area (Å²) in [7, 11) is 0. The number of nitrogens with zero attached hydrogens (tertiary/aromatic N) is 1. The summed E-state index contributed by atoms with van der Waals surface area (Å²) in [4.78, 5) is 27.3. The maximum atomic E-state index is 13.0. The van der Waals surface area contributed by atoms with Gasteiger partial charge in [-0.2, -0.15) is 0 Å². The molecule has 4 nitrogen and oxygen atoms in total. The average molecular weight is 350 g/mol. The SMILES string of the molecule is CC(NC(=O)C1CCN(C(=O)c2cccc3ccccc23)CC1)C1CC1. The maximum Gasteiger partial charge on any atom is 0.254 e. The van der Waals surface area contributed by atoms with Crippen LogP contribution in [0, 0.1) is 11.8 Å². The smallest absolute Gasteiger partial charge is 0.254 e. The summed E-state index contributed by atoms with van der Waals surface area (Å²) in [5, 5.41) is 5.25. The maximum absolute atomic E-state index is 13.0. The molecule has 1 aliphatic heterocycles. The van der Waals surface area contributed by atoms with Gasteiger partial charge in [-0.05, 0) is 55.4 Å². The molecule has 1 aliphatic carbocycles. The van der Waals surface area contributed by atoms with Gasteiger partial charge in [0.2, 0.25) is 5.91 Å². The molecule has 0 spiro atoms. The van der Waals surface area contributed by atoms with Crippen LogP contribution in [0.1, 0.15) is 43.0 Å². The standard InChI is InChI=1S/C22H26N2O2/c1-15(16-9-10-16)23-21(25)18-11-13-24(14-12-18)22(26)20-8-4-6-17-5-2-3-7-19(17)20/h2-8,15-16,18H,9-14H2,1H3,(H,23,25). The molecular formula is C22H26N2O2. The number of piperidine rings is 1. The molecule has 2 aromatic rings. The number of carbonyl (C=O) groups excluding carboxylic acids is 2. The van der Waals surface area contributed by atoms with Crippen molar-refractivity contribution in [3.05, 3.63) is 48.0 Å². The number of amides is 2. The van der Waals surface area contributed by atoms with E-state index in [1.165, 1.54) is 12.8 Å². The van der Waals surface area contributed by atoms with E-state index in [1.807, 2.05) is 47.4 Å². The fraction of sp³-hybridized carbons (Fsp3) is 0.455. The summed E-state index contributed by atoms with van der Waals surface area (Å²) < 4.78 is 0. The third-order valence-electron chi connectivity index (χ3n) is 5.87. The van der Waals surface area contributed by atoms with Crippen LogP contribution in [-0.2, 0) is 4.79 Å². The minimum atomic E-state index is 0.0350. The number of carbonyl (C=O) groups is 2. The van der Waals surface area contributed by atoms with Gasteiger partial charge in [-0.1, -0.05) is 36.4 Å². The highest BCUT2D eigenvalue weighted by Gasteiger charge is 2.32. The predicted molar refractivity (Wildman–Crippen MR) is 103 cm³/mol. The van der Waals surface area contributed by atoms with Gasteiger partial charge >= 0.3 is 0 Å². The van der Waals surface area contributed by atoms with Gasteiger partial charge in [-0.3, -0.25) is 9.59 Å². The first-order valence-electron chi connectivity index (χ1n) is 9.71. The van der Waals surface area contributed by atoms with Gasteiger partial charge in [0.05, 0.1) is 0 Å². The molecule has 2 amide bonds. The molecule has 1 saturated heterocycles. The molecule has 1 unspecified atom stereocenters. The van der Waals surface area contributed by atoms with Crippen LogP contribution in [0.4, 0.5) is 0 Å². The van der Waals surface area contributed by atoms with Crippen LogP contribution in [0.3, 0.4) is 0 Å². The first-order chi connectivity index (χ1) is 12.6. The van der Waals surface area contributed by atoms with E-state index in [1.54, 1.807) is 0 Å². The van der Waals surface area contributed by atoms with Crippen molar-refractivity contribution in [2.75, 3.05) is 13.1 Å². The van der Waals surface area contributed by atoms with E-state index >= 15 is 0 Å². The average Bonchev–Trinajstić information content (AvgIpc) is 3.52. The number of likely N-dealkylation sites (tertiary alicyclic amines) is 1. The number of rotatable bonds is 4. The quantitative estimate of drug-likeness (QED) is 0.916. The Balaban J connectivity index is 1.39. The molecule has 26 heavy (non-hydrogen) atoms. The Labute approximate surface area is 154 Å². The molecule has 4 rings (SSSR count). The minimum absolute atomic E-state index is 0.0350. The Morgan fingerprint density at radius 1 is 1.00 bits per heavy atom. The van der Waals surface area contributed by atoms with E-state index < -0.39 is 0 Å². The molecule has 0 aromatic heterocycles. The number of hydrogen-bond donors (Lipinski definition) is 1. The number of hydrogen-bond acceptors (Lipinski definition) is 2. The van der Waals surface area contributed by atoms with Gasteiger partial charge in [0.1, 0.15) is 0 Å². The lowest BCUT2D eigenvalue weighted by Crippen LogP contribution is -2.45. The van der Waals surface area contributed by atoms with E-state index in [9.17, 15) is 9.59 Å². The molecule has 2 aromatic carbocycles. The first-order valence-corrected chi connectivity index (χ1v) is 9.71. The molecule has 4 heteroatoms. The van der Waals surface area contributed by atoms with Crippen molar-refractivity contribution in [2.45, 2.75) is 38.6 Å². The van der Waals surface area contributed by atoms with E-state index in [0.29, 0.717) is 19.0 Å². The first kappa shape index (κ1) is 17.1. The molecule has 1 atom stereocenters. The summed E-state index contributed by atoms with van der Waals surface area (Å²) in [6, 6.07) is 14.2. The van der Waals surface area contributed by atoms with Crippen LogP contribution in [0.15, 0.2) is 42.5 Å². The molecule has 2 fully saturated rings. The molecule has 1 N–H and O–H groups in total. The van der Waals surface area contributed by atoms with Crippen LogP contribution in [0.2, 0.25) is 0 Å². The number of nitrogens with one attached hydrogen (secondary N) is 1. The Morgan fingerprint density at radius 2 is 1.69 bits per heavy atom. The van der Waals surface area contributed by atoms with Crippen molar-refractivity contribution in [1.82, 2.24) is 10.2 Å². The zero-order chi connectivity index (χ0) is 18.1. The van der Waals surface area contributed by atoms with Gasteiger partial charge in [0.25, 0.3) is 5.91 Å². The summed E-state index contributed by atoms with van der Waals surface area (Å²) in [5.41, 5.74) is 0.758. The van der Waals surface area contributed by atoms with Gasteiger partial charge < -0.3 is 10.2 Å². The van der Waals surface area contributed by atoms with Crippen molar-refractivity contribution in [3.8, 4) is 0 Å². The van der Waals surface area contributed by atoms with E-state index in [2.05, 4.69) is 12.2 Å². The van der Waals surface area contributed by atoms with Crippen LogP contribution in [-0.4, -0.2) is 35.8 Å². The monoisotopic (exact) mass is 350 g/mol. The highest BCUT2D eigenvalue weighted by atomic mass is 16.2. The van der Waals surface area contributed by atoms with E-state index in [4.69, 9.17) is 0 Å². The lowest BCUT2D eigenvalue weighted by molar-refractivity contribution is -0.127. The second kappa shape index (κ2) is 7.10. The number of benzene rings is 2. The summed E-state index contributed by atoms with van der Waals surface area (Å²) in [6.45, 7) is 3.41. The summed E-state index contributed by atoms with van der Waals surface area (Å²) in [6.07, 6.45) is 3.97. The van der Waals surface area contributed by atoms with Crippen LogP contribution in [0.5, 0.6) is 0 Å². The molecule has 0 bridgehead atoms. The summed E-state index contributed by atoms with van der Waals surface area (Å²) in [5.74, 6) is 0.952. The Bertz CT molecular complexity index is 815. The second-order valence-electron chi connectivity index (χ2n) is 7.73. The van der Waals surface area contributed by atoms with E-state index in [-0.39, 0.29) is 23.8 Å². The molecule has 1 saturated carbocycles. The predicted octanol–water partition coefficient (Wildman–Crippen LogP) is 3.61. The molecule has 2 aliphatic rings. The van der Waals surface area contributed by atoms with E-state index in [0.717, 1.165) is 29.2 Å². The third kappa shape index (κ3) is 3.46. The van der Waals surface area contributed by atoms with Gasteiger partial charge in [-0.15, -0.1) is 0 Å². The largest absolute Gasteiger partial charge is 0.353 e. The molecule has 1 heterocycles. The van der Waals surface area contributed by atoms with Crippen molar-refractivity contribution < 1.29 is 9.59 Å². The van der Waals surface area contributed by atoms with Crippen LogP contribution < -0.4 is 5.32 Å².